The minimum atomic E-state index is -0.0107. The van der Waals surface area contributed by atoms with Crippen LogP contribution in [0.25, 0.3) is 0 Å². The standard InChI is InChI=1S/C19H26N4OS/c1-14-6-3-4-8-17(14)22-18(24)10-19-21-16(13-25-19)12-23-9-5-7-15(11-23)20-2/h3-4,6,8,13,15,20H,5,7,9-12H2,1-2H3,(H,22,24). The molecule has 1 aliphatic heterocycles. The largest absolute Gasteiger partial charge is 0.325 e. The molecule has 1 aliphatic rings. The number of amides is 1. The normalized spacial score (nSPS) is 18.2. The highest BCUT2D eigenvalue weighted by Gasteiger charge is 2.19. The van der Waals surface area contributed by atoms with Gasteiger partial charge < -0.3 is 10.6 Å². The van der Waals surface area contributed by atoms with E-state index in [0.717, 1.165) is 41.6 Å². The van der Waals surface area contributed by atoms with Gasteiger partial charge in [0.25, 0.3) is 0 Å². The molecular formula is C19H26N4OS. The van der Waals surface area contributed by atoms with Gasteiger partial charge in [0, 0.05) is 30.2 Å². The number of carbonyl (C=O) groups excluding carboxylic acids is 1. The Bertz CT molecular complexity index is 715. The van der Waals surface area contributed by atoms with Gasteiger partial charge in [-0.25, -0.2) is 4.98 Å². The van der Waals surface area contributed by atoms with Crippen LogP contribution in [-0.4, -0.2) is 42.0 Å². The van der Waals surface area contributed by atoms with E-state index in [0.29, 0.717) is 12.5 Å². The summed E-state index contributed by atoms with van der Waals surface area (Å²) in [5, 5.41) is 9.30. The lowest BCUT2D eigenvalue weighted by Gasteiger charge is -2.31. The third-order valence-corrected chi connectivity index (χ3v) is 5.53. The first-order valence-electron chi connectivity index (χ1n) is 8.82. The molecule has 0 spiro atoms. The van der Waals surface area contributed by atoms with Crippen molar-refractivity contribution in [2.24, 2.45) is 0 Å². The molecular weight excluding hydrogens is 332 g/mol. The number of thiazole rings is 1. The van der Waals surface area contributed by atoms with Crippen LogP contribution >= 0.6 is 11.3 Å². The van der Waals surface area contributed by atoms with Crippen molar-refractivity contribution in [2.75, 3.05) is 25.5 Å². The molecule has 1 unspecified atom stereocenters. The number of rotatable bonds is 6. The Morgan fingerprint density at radius 1 is 1.40 bits per heavy atom. The molecule has 2 N–H and O–H groups in total. The molecule has 1 saturated heterocycles. The van der Waals surface area contributed by atoms with Crippen LogP contribution < -0.4 is 10.6 Å². The fraction of sp³-hybridized carbons (Fsp3) is 0.474. The van der Waals surface area contributed by atoms with Crippen LogP contribution in [0, 0.1) is 6.92 Å². The van der Waals surface area contributed by atoms with Gasteiger partial charge in [0.1, 0.15) is 5.01 Å². The van der Waals surface area contributed by atoms with Crippen LogP contribution in [0.5, 0.6) is 0 Å². The highest BCUT2D eigenvalue weighted by Crippen LogP contribution is 2.18. The Morgan fingerprint density at radius 2 is 2.24 bits per heavy atom. The average molecular weight is 359 g/mol. The maximum absolute atomic E-state index is 12.3. The summed E-state index contributed by atoms with van der Waals surface area (Å²) in [5.41, 5.74) is 3.01. The molecule has 2 heterocycles. The highest BCUT2D eigenvalue weighted by atomic mass is 32.1. The maximum Gasteiger partial charge on any atom is 0.231 e. The van der Waals surface area contributed by atoms with Crippen molar-refractivity contribution in [1.82, 2.24) is 15.2 Å². The van der Waals surface area contributed by atoms with Gasteiger partial charge in [0.15, 0.2) is 0 Å². The molecule has 5 nitrogen and oxygen atoms in total. The Balaban J connectivity index is 1.53. The van der Waals surface area contributed by atoms with Gasteiger partial charge in [-0.2, -0.15) is 0 Å². The maximum atomic E-state index is 12.3. The van der Waals surface area contributed by atoms with E-state index in [2.05, 4.69) is 25.9 Å². The van der Waals surface area contributed by atoms with Gasteiger partial charge in [-0.15, -0.1) is 11.3 Å². The number of aryl methyl sites for hydroxylation is 1. The second-order valence-electron chi connectivity index (χ2n) is 6.64. The zero-order valence-electron chi connectivity index (χ0n) is 14.9. The summed E-state index contributed by atoms with van der Waals surface area (Å²) >= 11 is 1.57. The molecule has 2 aromatic rings. The number of para-hydroxylation sites is 1. The van der Waals surface area contributed by atoms with Crippen LogP contribution in [0.4, 0.5) is 5.69 Å². The lowest BCUT2D eigenvalue weighted by atomic mass is 10.1. The molecule has 25 heavy (non-hydrogen) atoms. The average Bonchev–Trinajstić information content (AvgIpc) is 3.04. The van der Waals surface area contributed by atoms with Crippen molar-refractivity contribution in [3.63, 3.8) is 0 Å². The van der Waals surface area contributed by atoms with E-state index in [1.165, 1.54) is 12.8 Å². The molecule has 0 aliphatic carbocycles. The minimum absolute atomic E-state index is 0.0107. The number of benzene rings is 1. The van der Waals surface area contributed by atoms with Crippen molar-refractivity contribution in [3.8, 4) is 0 Å². The van der Waals surface area contributed by atoms with Gasteiger partial charge in [-0.1, -0.05) is 18.2 Å². The predicted molar refractivity (Wildman–Crippen MR) is 103 cm³/mol. The molecule has 1 fully saturated rings. The minimum Gasteiger partial charge on any atom is -0.325 e. The summed E-state index contributed by atoms with van der Waals surface area (Å²) in [4.78, 5) is 19.3. The molecule has 1 amide bonds. The summed E-state index contributed by atoms with van der Waals surface area (Å²) < 4.78 is 0. The van der Waals surface area contributed by atoms with E-state index in [1.807, 2.05) is 38.2 Å². The number of piperidine rings is 1. The molecule has 134 valence electrons. The SMILES string of the molecule is CNC1CCCN(Cc2csc(CC(=O)Nc3ccccc3C)n2)C1. The summed E-state index contributed by atoms with van der Waals surface area (Å²) in [6.45, 7) is 5.05. The molecule has 1 atom stereocenters. The molecule has 0 bridgehead atoms. The van der Waals surface area contributed by atoms with E-state index in [9.17, 15) is 4.79 Å². The molecule has 1 aromatic heterocycles. The monoisotopic (exact) mass is 358 g/mol. The predicted octanol–water partition coefficient (Wildman–Crippen LogP) is 2.82. The molecule has 6 heteroatoms. The fourth-order valence-corrected chi connectivity index (χ4v) is 4.00. The topological polar surface area (TPSA) is 57.3 Å². The Kier molecular flexibility index (Phi) is 6.18. The van der Waals surface area contributed by atoms with Crippen LogP contribution in [0.3, 0.4) is 0 Å². The number of nitrogens with zero attached hydrogens (tertiary/aromatic N) is 2. The second kappa shape index (κ2) is 8.56. The number of hydrogen-bond donors (Lipinski definition) is 2. The third kappa shape index (κ3) is 5.11. The number of likely N-dealkylation sites (N-methyl/N-ethyl adjacent to an activating group) is 1. The smallest absolute Gasteiger partial charge is 0.231 e. The first-order chi connectivity index (χ1) is 12.1. The van der Waals surface area contributed by atoms with Gasteiger partial charge in [-0.3, -0.25) is 9.69 Å². The molecule has 0 saturated carbocycles. The zero-order valence-corrected chi connectivity index (χ0v) is 15.7. The number of nitrogens with one attached hydrogen (secondary N) is 2. The number of carbonyl (C=O) groups is 1. The van der Waals surface area contributed by atoms with Crippen LogP contribution in [0.2, 0.25) is 0 Å². The number of likely N-dealkylation sites (tertiary alicyclic amines) is 1. The first-order valence-corrected chi connectivity index (χ1v) is 9.70. The summed E-state index contributed by atoms with van der Waals surface area (Å²) in [6.07, 6.45) is 2.80. The lowest BCUT2D eigenvalue weighted by Crippen LogP contribution is -2.43. The van der Waals surface area contributed by atoms with E-state index in [-0.39, 0.29) is 5.91 Å². The molecule has 3 rings (SSSR count). The van der Waals surface area contributed by atoms with Crippen molar-refractivity contribution in [1.29, 1.82) is 0 Å². The number of hydrogen-bond acceptors (Lipinski definition) is 5. The zero-order chi connectivity index (χ0) is 17.6. The van der Waals surface area contributed by atoms with Crippen LogP contribution in [-0.2, 0) is 17.8 Å². The Morgan fingerprint density at radius 3 is 3.04 bits per heavy atom. The molecule has 1 aromatic carbocycles. The van der Waals surface area contributed by atoms with E-state index >= 15 is 0 Å². The van der Waals surface area contributed by atoms with Gasteiger partial charge in [0.05, 0.1) is 12.1 Å². The second-order valence-corrected chi connectivity index (χ2v) is 7.58. The van der Waals surface area contributed by atoms with E-state index in [1.54, 1.807) is 11.3 Å². The van der Waals surface area contributed by atoms with E-state index in [4.69, 9.17) is 0 Å². The lowest BCUT2D eigenvalue weighted by molar-refractivity contribution is -0.115. The first kappa shape index (κ1) is 18.0. The quantitative estimate of drug-likeness (QED) is 0.834. The number of aromatic nitrogens is 1. The third-order valence-electron chi connectivity index (χ3n) is 4.63. The Labute approximate surface area is 153 Å². The summed E-state index contributed by atoms with van der Waals surface area (Å²) in [5.74, 6) is -0.0107. The Hall–Kier alpha value is -1.76. The van der Waals surface area contributed by atoms with Gasteiger partial charge >= 0.3 is 0 Å². The van der Waals surface area contributed by atoms with Gasteiger partial charge in [-0.05, 0) is 45.0 Å². The van der Waals surface area contributed by atoms with E-state index < -0.39 is 0 Å². The summed E-state index contributed by atoms with van der Waals surface area (Å²) in [6, 6.07) is 8.40. The van der Waals surface area contributed by atoms with Crippen LogP contribution in [0.15, 0.2) is 29.6 Å². The van der Waals surface area contributed by atoms with Crippen molar-refractivity contribution in [3.05, 3.63) is 45.9 Å². The van der Waals surface area contributed by atoms with Crippen molar-refractivity contribution < 1.29 is 4.79 Å². The van der Waals surface area contributed by atoms with Gasteiger partial charge in [0.2, 0.25) is 5.91 Å². The molecule has 0 radical (unpaired) electrons. The summed E-state index contributed by atoms with van der Waals surface area (Å²) in [7, 11) is 2.03. The number of anilines is 1. The van der Waals surface area contributed by atoms with Crippen LogP contribution in [0.1, 0.15) is 29.1 Å². The van der Waals surface area contributed by atoms with Crippen molar-refractivity contribution in [2.45, 2.75) is 38.8 Å². The highest BCUT2D eigenvalue weighted by molar-refractivity contribution is 7.09. The van der Waals surface area contributed by atoms with Crippen molar-refractivity contribution >= 4 is 22.9 Å². The fourth-order valence-electron chi connectivity index (χ4n) is 3.21.